The van der Waals surface area contributed by atoms with Crippen molar-refractivity contribution >= 4 is 23.4 Å². The van der Waals surface area contributed by atoms with Gasteiger partial charge in [0.2, 0.25) is 5.82 Å². The van der Waals surface area contributed by atoms with E-state index < -0.39 is 40.9 Å². The number of imidazole rings is 1. The first-order valence-corrected chi connectivity index (χ1v) is 10.9. The molecule has 0 radical (unpaired) electrons. The van der Waals surface area contributed by atoms with Gasteiger partial charge in [-0.15, -0.1) is 0 Å². The van der Waals surface area contributed by atoms with Gasteiger partial charge in [0.15, 0.2) is 5.82 Å². The quantitative estimate of drug-likeness (QED) is 0.456. The van der Waals surface area contributed by atoms with Crippen LogP contribution >= 0.6 is 0 Å². The summed E-state index contributed by atoms with van der Waals surface area (Å²) in [5.74, 6) is -4.04. The second kappa shape index (κ2) is 10.3. The Balaban J connectivity index is 2.17. The lowest BCUT2D eigenvalue weighted by atomic mass is 9.93. The maximum absolute atomic E-state index is 13.9. The third-order valence-corrected chi connectivity index (χ3v) is 5.60. The van der Waals surface area contributed by atoms with E-state index in [1.54, 1.807) is 13.0 Å². The van der Waals surface area contributed by atoms with Gasteiger partial charge in [-0.1, -0.05) is 31.2 Å². The standard InChI is InChI=1S/C25H24F4N4O3/c1-13-7-5-6-8-19(13)15(3)20-21(31-22(24(36)30-4)33(20)12-14(2)34)32-23(35)16-9-17(25(27,28)29)11-18(26)10-16/h5-11,15H,12H2,1-4H3,(H,30,36)(H,32,35)/t15-/m0/s1. The number of nitrogens with zero attached hydrogens (tertiary/aromatic N) is 2. The highest BCUT2D eigenvalue weighted by atomic mass is 19.4. The van der Waals surface area contributed by atoms with Crippen molar-refractivity contribution in [2.45, 2.75) is 39.4 Å². The van der Waals surface area contributed by atoms with Crippen molar-refractivity contribution in [3.8, 4) is 0 Å². The monoisotopic (exact) mass is 504 g/mol. The number of anilines is 1. The fraction of sp³-hybridized carbons (Fsp3) is 0.280. The molecule has 0 fully saturated rings. The van der Waals surface area contributed by atoms with E-state index in [0.717, 1.165) is 11.1 Å². The maximum Gasteiger partial charge on any atom is 0.416 e. The van der Waals surface area contributed by atoms with E-state index in [2.05, 4.69) is 15.6 Å². The van der Waals surface area contributed by atoms with Crippen molar-refractivity contribution in [2.24, 2.45) is 0 Å². The van der Waals surface area contributed by atoms with Crippen molar-refractivity contribution in [2.75, 3.05) is 12.4 Å². The van der Waals surface area contributed by atoms with E-state index in [9.17, 15) is 31.9 Å². The molecule has 0 saturated heterocycles. The number of hydrogen-bond donors (Lipinski definition) is 2. The van der Waals surface area contributed by atoms with Crippen LogP contribution in [0.1, 0.15) is 63.1 Å². The van der Waals surface area contributed by atoms with Crippen LogP contribution in [0.5, 0.6) is 0 Å². The predicted molar refractivity (Wildman–Crippen MR) is 124 cm³/mol. The van der Waals surface area contributed by atoms with Crippen LogP contribution < -0.4 is 10.6 Å². The molecule has 1 atom stereocenters. The van der Waals surface area contributed by atoms with E-state index in [4.69, 9.17) is 0 Å². The Morgan fingerprint density at radius 1 is 1.08 bits per heavy atom. The molecule has 2 amide bonds. The first kappa shape index (κ1) is 26.6. The first-order chi connectivity index (χ1) is 16.8. The Morgan fingerprint density at radius 2 is 1.75 bits per heavy atom. The first-order valence-electron chi connectivity index (χ1n) is 10.9. The van der Waals surface area contributed by atoms with Gasteiger partial charge < -0.3 is 15.2 Å². The molecule has 0 aliphatic heterocycles. The van der Waals surface area contributed by atoms with E-state index in [0.29, 0.717) is 17.8 Å². The highest BCUT2D eigenvalue weighted by molar-refractivity contribution is 6.05. The van der Waals surface area contributed by atoms with Gasteiger partial charge in [0, 0.05) is 18.5 Å². The zero-order valence-corrected chi connectivity index (χ0v) is 20.0. The Morgan fingerprint density at radius 3 is 2.33 bits per heavy atom. The molecule has 190 valence electrons. The number of rotatable bonds is 7. The Hall–Kier alpha value is -4.02. The molecule has 2 aromatic carbocycles. The van der Waals surface area contributed by atoms with Crippen LogP contribution in [0.15, 0.2) is 42.5 Å². The smallest absolute Gasteiger partial charge is 0.352 e. The zero-order valence-electron chi connectivity index (χ0n) is 20.0. The van der Waals surface area contributed by atoms with Gasteiger partial charge in [0.05, 0.1) is 17.8 Å². The summed E-state index contributed by atoms with van der Waals surface area (Å²) in [4.78, 5) is 41.8. The van der Waals surface area contributed by atoms with Crippen LogP contribution in [0.4, 0.5) is 23.4 Å². The van der Waals surface area contributed by atoms with Gasteiger partial charge in [-0.3, -0.25) is 14.4 Å². The third-order valence-electron chi connectivity index (χ3n) is 5.60. The number of benzene rings is 2. The summed E-state index contributed by atoms with van der Waals surface area (Å²) in [7, 11) is 1.36. The van der Waals surface area contributed by atoms with Crippen LogP contribution in [-0.2, 0) is 17.5 Å². The molecule has 11 heteroatoms. The second-order valence-corrected chi connectivity index (χ2v) is 8.30. The summed E-state index contributed by atoms with van der Waals surface area (Å²) in [6.07, 6.45) is -4.86. The lowest BCUT2D eigenvalue weighted by Gasteiger charge is -2.19. The van der Waals surface area contributed by atoms with E-state index >= 15 is 0 Å². The van der Waals surface area contributed by atoms with Crippen molar-refractivity contribution in [1.82, 2.24) is 14.9 Å². The number of Topliss-reactive ketones (excluding diaryl/α,β-unsaturated/α-hetero) is 1. The molecule has 0 spiro atoms. The Kier molecular flexibility index (Phi) is 7.61. The minimum Gasteiger partial charge on any atom is -0.352 e. The van der Waals surface area contributed by atoms with Gasteiger partial charge in [-0.2, -0.15) is 13.2 Å². The molecule has 1 heterocycles. The number of aryl methyl sites for hydroxylation is 1. The fourth-order valence-corrected chi connectivity index (χ4v) is 3.95. The van der Waals surface area contributed by atoms with Crippen molar-refractivity contribution in [1.29, 1.82) is 0 Å². The molecule has 7 nitrogen and oxygen atoms in total. The summed E-state index contributed by atoms with van der Waals surface area (Å²) in [6.45, 7) is 4.72. The van der Waals surface area contributed by atoms with Crippen LogP contribution in [0, 0.1) is 12.7 Å². The molecule has 0 unspecified atom stereocenters. The van der Waals surface area contributed by atoms with E-state index in [1.807, 2.05) is 25.1 Å². The number of nitrogens with one attached hydrogen (secondary N) is 2. The van der Waals surface area contributed by atoms with Gasteiger partial charge in [-0.05, 0) is 43.2 Å². The van der Waals surface area contributed by atoms with Crippen molar-refractivity contribution in [3.63, 3.8) is 0 Å². The molecular formula is C25H24F4N4O3. The van der Waals surface area contributed by atoms with E-state index in [-0.39, 0.29) is 30.0 Å². The van der Waals surface area contributed by atoms with Crippen LogP contribution in [0.25, 0.3) is 0 Å². The highest BCUT2D eigenvalue weighted by Gasteiger charge is 2.33. The van der Waals surface area contributed by atoms with Crippen LogP contribution in [0.2, 0.25) is 0 Å². The second-order valence-electron chi connectivity index (χ2n) is 8.30. The lowest BCUT2D eigenvalue weighted by molar-refractivity contribution is -0.137. The number of ketones is 1. The summed E-state index contributed by atoms with van der Waals surface area (Å²) in [6, 6.07) is 8.80. The molecule has 1 aromatic heterocycles. The normalized spacial score (nSPS) is 12.2. The minimum absolute atomic E-state index is 0.131. The topological polar surface area (TPSA) is 93.1 Å². The van der Waals surface area contributed by atoms with Crippen LogP contribution in [-0.4, -0.2) is 34.2 Å². The minimum atomic E-state index is -4.86. The molecule has 2 N–H and O–H groups in total. The number of aromatic nitrogens is 2. The summed E-state index contributed by atoms with van der Waals surface area (Å²) < 4.78 is 54.7. The van der Waals surface area contributed by atoms with Crippen molar-refractivity contribution < 1.29 is 31.9 Å². The molecule has 0 aliphatic carbocycles. The maximum atomic E-state index is 13.9. The van der Waals surface area contributed by atoms with Crippen LogP contribution in [0.3, 0.4) is 0 Å². The van der Waals surface area contributed by atoms with Gasteiger partial charge in [-0.25, -0.2) is 9.37 Å². The third kappa shape index (κ3) is 5.61. The average molecular weight is 504 g/mol. The SMILES string of the molecule is CNC(=O)c1nc(NC(=O)c2cc(F)cc(C(F)(F)F)c2)c([C@@H](C)c2ccccc2C)n1CC(C)=O. The largest absolute Gasteiger partial charge is 0.416 e. The highest BCUT2D eigenvalue weighted by Crippen LogP contribution is 2.34. The number of alkyl halides is 3. The fourth-order valence-electron chi connectivity index (χ4n) is 3.95. The molecule has 0 saturated carbocycles. The zero-order chi connectivity index (χ0) is 26.8. The number of amides is 2. The van der Waals surface area contributed by atoms with Gasteiger partial charge in [0.1, 0.15) is 11.6 Å². The predicted octanol–water partition coefficient (Wildman–Crippen LogP) is 4.70. The Labute approximate surface area is 204 Å². The summed E-state index contributed by atoms with van der Waals surface area (Å²) >= 11 is 0. The van der Waals surface area contributed by atoms with Crippen molar-refractivity contribution in [3.05, 3.63) is 82.1 Å². The molecule has 36 heavy (non-hydrogen) atoms. The molecule has 3 aromatic rings. The summed E-state index contributed by atoms with van der Waals surface area (Å²) in [5.41, 5.74) is 0.0817. The lowest BCUT2D eigenvalue weighted by Crippen LogP contribution is -2.25. The number of carbonyl (C=O) groups excluding carboxylic acids is 3. The molecule has 0 aliphatic rings. The average Bonchev–Trinajstić information content (AvgIpc) is 3.14. The molecule has 0 bridgehead atoms. The van der Waals surface area contributed by atoms with E-state index in [1.165, 1.54) is 18.5 Å². The number of hydrogen-bond acceptors (Lipinski definition) is 4. The Bertz CT molecular complexity index is 1330. The van der Waals surface area contributed by atoms with Gasteiger partial charge in [0.25, 0.3) is 11.8 Å². The van der Waals surface area contributed by atoms with Gasteiger partial charge >= 0.3 is 6.18 Å². The summed E-state index contributed by atoms with van der Waals surface area (Å²) in [5, 5.41) is 4.84. The number of carbonyl (C=O) groups is 3. The number of halogens is 4. The molecule has 3 rings (SSSR count). The molecular weight excluding hydrogens is 480 g/mol.